The molecule has 8 heteroatoms. The molecule has 0 spiro atoms. The zero-order valence-corrected chi connectivity index (χ0v) is 15.9. The van der Waals surface area contributed by atoms with E-state index in [1.807, 2.05) is 0 Å². The number of hydrogen-bond acceptors (Lipinski definition) is 5. The average molecular weight is 406 g/mol. The Hall–Kier alpha value is -2.45. The third kappa shape index (κ3) is 2.93. The van der Waals surface area contributed by atoms with E-state index in [2.05, 4.69) is 0 Å². The fourth-order valence-electron chi connectivity index (χ4n) is 6.83. The maximum absolute atomic E-state index is 11.4. The Kier molecular flexibility index (Phi) is 5.44. The van der Waals surface area contributed by atoms with E-state index in [1.54, 1.807) is 6.08 Å². The number of rotatable bonds is 8. The van der Waals surface area contributed by atoms with Crippen LogP contribution in [0.2, 0.25) is 0 Å². The molecule has 29 heavy (non-hydrogen) atoms. The van der Waals surface area contributed by atoms with Crippen molar-refractivity contribution < 1.29 is 39.9 Å². The van der Waals surface area contributed by atoms with E-state index in [4.69, 9.17) is 0 Å². The molecule has 8 nitrogen and oxygen atoms in total. The van der Waals surface area contributed by atoms with Gasteiger partial charge in [-0.1, -0.05) is 18.2 Å². The predicted molar refractivity (Wildman–Crippen MR) is 101 cm³/mol. The minimum Gasteiger partial charge on any atom is -0.478 e. The van der Waals surface area contributed by atoms with E-state index in [-0.39, 0.29) is 18.4 Å². The number of aliphatic carboxylic acids is 3. The number of allylic oxidation sites excluding steroid dienone is 2. The molecular formula is C21H26O8. The molecule has 0 radical (unpaired) electrons. The van der Waals surface area contributed by atoms with Gasteiger partial charge in [0.15, 0.2) is 0 Å². The summed E-state index contributed by atoms with van der Waals surface area (Å²) in [6.07, 6.45) is 10.1. The maximum Gasteiger partial charge on any atom is 0.327 e. The van der Waals surface area contributed by atoms with Crippen LogP contribution in [0.1, 0.15) is 25.7 Å². The van der Waals surface area contributed by atoms with Crippen LogP contribution in [-0.2, 0) is 14.4 Å². The SMILES string of the molecule is O=C(O)C=CC12CCC(C1)C1CC(CO)C(C=CC(=O)O)(CO)C12C=CC(=O)O. The summed E-state index contributed by atoms with van der Waals surface area (Å²) in [5.74, 6) is -3.94. The fraction of sp³-hybridized carbons (Fsp3) is 0.571. The lowest BCUT2D eigenvalue weighted by Crippen LogP contribution is -2.53. The molecule has 0 aromatic carbocycles. The molecule has 3 fully saturated rings. The standard InChI is InChI=1S/C21H26O8/c22-11-14-9-15-13-1-5-19(10-13,6-2-16(24)25)21(15,8-4-18(28)29)20(14,12-23)7-3-17(26)27/h2-4,6-8,13-15,22-23H,1,5,9-12H2,(H,24,25)(H,26,27)(H,28,29). The molecule has 0 aromatic heterocycles. The second-order valence-corrected chi connectivity index (χ2v) is 8.46. The van der Waals surface area contributed by atoms with Crippen LogP contribution >= 0.6 is 0 Å². The smallest absolute Gasteiger partial charge is 0.327 e. The molecule has 3 rings (SSSR count). The van der Waals surface area contributed by atoms with E-state index in [0.29, 0.717) is 19.3 Å². The maximum atomic E-state index is 11.4. The van der Waals surface area contributed by atoms with Crippen molar-refractivity contribution >= 4 is 17.9 Å². The van der Waals surface area contributed by atoms with Gasteiger partial charge in [0.1, 0.15) is 0 Å². The quantitative estimate of drug-likeness (QED) is 0.378. The van der Waals surface area contributed by atoms with Gasteiger partial charge in [-0.3, -0.25) is 0 Å². The third-order valence-electron chi connectivity index (χ3n) is 7.64. The normalized spacial score (nSPS) is 41.0. The van der Waals surface area contributed by atoms with E-state index in [9.17, 15) is 39.9 Å². The molecule has 3 saturated carbocycles. The van der Waals surface area contributed by atoms with Crippen molar-refractivity contribution in [2.75, 3.05) is 13.2 Å². The lowest BCUT2D eigenvalue weighted by molar-refractivity contribution is -0.133. The van der Waals surface area contributed by atoms with Gasteiger partial charge in [-0.2, -0.15) is 0 Å². The highest BCUT2D eigenvalue weighted by atomic mass is 16.4. The summed E-state index contributed by atoms with van der Waals surface area (Å²) in [7, 11) is 0. The largest absolute Gasteiger partial charge is 0.478 e. The van der Waals surface area contributed by atoms with Crippen molar-refractivity contribution in [1.29, 1.82) is 0 Å². The van der Waals surface area contributed by atoms with Crippen molar-refractivity contribution in [2.24, 2.45) is 34.0 Å². The molecule has 0 aliphatic heterocycles. The van der Waals surface area contributed by atoms with Gasteiger partial charge < -0.3 is 25.5 Å². The van der Waals surface area contributed by atoms with Crippen molar-refractivity contribution in [3.63, 3.8) is 0 Å². The van der Waals surface area contributed by atoms with Crippen molar-refractivity contribution in [1.82, 2.24) is 0 Å². The molecule has 2 bridgehead atoms. The second kappa shape index (κ2) is 7.42. The van der Waals surface area contributed by atoms with Gasteiger partial charge in [0.05, 0.1) is 6.61 Å². The summed E-state index contributed by atoms with van der Waals surface area (Å²) in [6.45, 7) is -0.785. The zero-order valence-electron chi connectivity index (χ0n) is 15.9. The number of aliphatic hydroxyl groups is 2. The predicted octanol–water partition coefficient (Wildman–Crippen LogP) is 1.30. The summed E-state index contributed by atoms with van der Waals surface area (Å²) in [5, 5.41) is 48.4. The monoisotopic (exact) mass is 406 g/mol. The zero-order chi connectivity index (χ0) is 21.4. The second-order valence-electron chi connectivity index (χ2n) is 8.46. The molecule has 3 aliphatic carbocycles. The summed E-state index contributed by atoms with van der Waals surface area (Å²) < 4.78 is 0. The first-order chi connectivity index (χ1) is 13.7. The Morgan fingerprint density at radius 1 is 0.897 bits per heavy atom. The van der Waals surface area contributed by atoms with E-state index in [1.165, 1.54) is 12.2 Å². The number of hydrogen-bond donors (Lipinski definition) is 5. The Balaban J connectivity index is 2.31. The summed E-state index contributed by atoms with van der Waals surface area (Å²) in [5.41, 5.74) is -2.99. The van der Waals surface area contributed by atoms with Crippen LogP contribution in [-0.4, -0.2) is 56.7 Å². The number of carboxylic acids is 3. The van der Waals surface area contributed by atoms with Crippen LogP contribution in [0.4, 0.5) is 0 Å². The highest BCUT2D eigenvalue weighted by Crippen LogP contribution is 2.80. The van der Waals surface area contributed by atoms with Crippen LogP contribution in [0.5, 0.6) is 0 Å². The van der Waals surface area contributed by atoms with Crippen LogP contribution in [0, 0.1) is 34.0 Å². The van der Waals surface area contributed by atoms with Gasteiger partial charge in [-0.25, -0.2) is 14.4 Å². The topological polar surface area (TPSA) is 152 Å². The van der Waals surface area contributed by atoms with Crippen LogP contribution in [0.25, 0.3) is 0 Å². The number of carbonyl (C=O) groups is 3. The molecular weight excluding hydrogens is 380 g/mol. The Morgan fingerprint density at radius 3 is 2.03 bits per heavy atom. The van der Waals surface area contributed by atoms with E-state index < -0.39 is 46.7 Å². The number of fused-ring (bicyclic) bond motifs is 5. The molecule has 158 valence electrons. The van der Waals surface area contributed by atoms with Crippen LogP contribution < -0.4 is 0 Å². The first-order valence-electron chi connectivity index (χ1n) is 9.66. The Bertz CT molecular complexity index is 799. The molecule has 5 N–H and O–H groups in total. The van der Waals surface area contributed by atoms with Crippen molar-refractivity contribution in [2.45, 2.75) is 25.7 Å². The van der Waals surface area contributed by atoms with E-state index >= 15 is 0 Å². The molecule has 0 saturated heterocycles. The molecule has 6 atom stereocenters. The van der Waals surface area contributed by atoms with Gasteiger partial charge in [0.2, 0.25) is 0 Å². The lowest BCUT2D eigenvalue weighted by atomic mass is 9.48. The summed E-state index contributed by atoms with van der Waals surface area (Å²) in [4.78, 5) is 34.0. The molecule has 0 aromatic rings. The average Bonchev–Trinajstić information content (AvgIpc) is 3.29. The highest BCUT2D eigenvalue weighted by Gasteiger charge is 2.76. The van der Waals surface area contributed by atoms with Crippen LogP contribution in [0.15, 0.2) is 36.5 Å². The van der Waals surface area contributed by atoms with Gasteiger partial charge in [0.25, 0.3) is 0 Å². The first kappa shape index (κ1) is 21.3. The number of carboxylic acid groups (broad SMARTS) is 3. The molecule has 0 amide bonds. The minimum absolute atomic E-state index is 0.104. The molecule has 0 heterocycles. The first-order valence-corrected chi connectivity index (χ1v) is 9.66. The van der Waals surface area contributed by atoms with Crippen molar-refractivity contribution in [3.05, 3.63) is 36.5 Å². The third-order valence-corrected chi connectivity index (χ3v) is 7.64. The summed E-state index contributed by atoms with van der Waals surface area (Å²) in [6, 6.07) is 0. The van der Waals surface area contributed by atoms with E-state index in [0.717, 1.165) is 24.6 Å². The Morgan fingerprint density at radius 2 is 1.48 bits per heavy atom. The summed E-state index contributed by atoms with van der Waals surface area (Å²) >= 11 is 0. The van der Waals surface area contributed by atoms with Gasteiger partial charge in [0, 0.05) is 35.7 Å². The lowest BCUT2D eigenvalue weighted by Gasteiger charge is -2.54. The number of aliphatic hydroxyl groups excluding tert-OH is 2. The van der Waals surface area contributed by atoms with Gasteiger partial charge >= 0.3 is 17.9 Å². The van der Waals surface area contributed by atoms with Crippen LogP contribution in [0.3, 0.4) is 0 Å². The molecule has 6 unspecified atom stereocenters. The fourth-order valence-corrected chi connectivity index (χ4v) is 6.83. The Labute approximate surface area is 167 Å². The molecule has 3 aliphatic rings. The van der Waals surface area contributed by atoms with Gasteiger partial charge in [-0.15, -0.1) is 0 Å². The van der Waals surface area contributed by atoms with Gasteiger partial charge in [-0.05, 0) is 48.9 Å². The minimum atomic E-state index is -1.23. The highest BCUT2D eigenvalue weighted by molar-refractivity contribution is 5.81. The van der Waals surface area contributed by atoms with Crippen molar-refractivity contribution in [3.8, 4) is 0 Å².